The van der Waals surface area contributed by atoms with E-state index in [9.17, 15) is 0 Å². The number of hydrogen-bond donors (Lipinski definition) is 1. The summed E-state index contributed by atoms with van der Waals surface area (Å²) in [5.41, 5.74) is 2.87. The first kappa shape index (κ1) is 12.6. The smallest absolute Gasteiger partial charge is 0.105 e. The van der Waals surface area contributed by atoms with E-state index in [1.54, 1.807) is 23.5 Å². The lowest BCUT2D eigenvalue weighted by Gasteiger charge is -2.12. The van der Waals surface area contributed by atoms with Crippen molar-refractivity contribution >= 4 is 0 Å². The van der Waals surface area contributed by atoms with E-state index in [2.05, 4.69) is 22.4 Å². The first-order chi connectivity index (χ1) is 9.88. The SMILES string of the molecule is CCNC(c1ccoc1)c1cnn(-c2ccccc2)n1. The Morgan fingerprint density at radius 3 is 2.80 bits per heavy atom. The van der Waals surface area contributed by atoms with Crippen molar-refractivity contribution in [1.29, 1.82) is 0 Å². The van der Waals surface area contributed by atoms with Gasteiger partial charge in [0, 0.05) is 5.56 Å². The van der Waals surface area contributed by atoms with Gasteiger partial charge in [-0.3, -0.25) is 0 Å². The van der Waals surface area contributed by atoms with Crippen LogP contribution in [0.1, 0.15) is 24.2 Å². The second-order valence-corrected chi connectivity index (χ2v) is 4.44. The van der Waals surface area contributed by atoms with Gasteiger partial charge >= 0.3 is 0 Å². The summed E-state index contributed by atoms with van der Waals surface area (Å²) in [7, 11) is 0. The molecule has 0 radical (unpaired) electrons. The van der Waals surface area contributed by atoms with Gasteiger partial charge in [0.25, 0.3) is 0 Å². The largest absolute Gasteiger partial charge is 0.472 e. The Hall–Kier alpha value is -2.40. The van der Waals surface area contributed by atoms with Crippen LogP contribution in [0.25, 0.3) is 5.69 Å². The van der Waals surface area contributed by atoms with E-state index in [1.165, 1.54) is 0 Å². The van der Waals surface area contributed by atoms with E-state index in [-0.39, 0.29) is 6.04 Å². The van der Waals surface area contributed by atoms with E-state index in [0.29, 0.717) is 0 Å². The van der Waals surface area contributed by atoms with E-state index in [4.69, 9.17) is 4.42 Å². The maximum absolute atomic E-state index is 5.16. The average Bonchev–Trinajstić information content (AvgIpc) is 3.17. The zero-order valence-corrected chi connectivity index (χ0v) is 11.2. The Morgan fingerprint density at radius 2 is 2.10 bits per heavy atom. The van der Waals surface area contributed by atoms with Gasteiger partial charge in [0.05, 0.1) is 30.5 Å². The highest BCUT2D eigenvalue weighted by Gasteiger charge is 2.18. The van der Waals surface area contributed by atoms with Crippen LogP contribution in [0.15, 0.2) is 59.5 Å². The van der Waals surface area contributed by atoms with Crippen molar-refractivity contribution < 1.29 is 4.42 Å². The number of hydrogen-bond acceptors (Lipinski definition) is 4. The summed E-state index contributed by atoms with van der Waals surface area (Å²) in [4.78, 5) is 1.64. The van der Waals surface area contributed by atoms with Gasteiger partial charge in [0.15, 0.2) is 0 Å². The van der Waals surface area contributed by atoms with Crippen molar-refractivity contribution in [2.75, 3.05) is 6.54 Å². The molecule has 20 heavy (non-hydrogen) atoms. The van der Waals surface area contributed by atoms with Gasteiger partial charge in [-0.25, -0.2) is 0 Å². The summed E-state index contributed by atoms with van der Waals surface area (Å²) in [6.45, 7) is 2.91. The molecule has 0 aliphatic rings. The third-order valence-corrected chi connectivity index (χ3v) is 3.08. The molecule has 1 aromatic carbocycles. The molecule has 1 unspecified atom stereocenters. The Bertz CT molecular complexity index is 646. The van der Waals surface area contributed by atoms with Crippen molar-refractivity contribution in [3.8, 4) is 5.69 Å². The van der Waals surface area contributed by atoms with Crippen molar-refractivity contribution in [3.05, 3.63) is 66.4 Å². The molecule has 3 rings (SSSR count). The molecule has 0 fully saturated rings. The molecule has 0 saturated heterocycles. The van der Waals surface area contributed by atoms with Crippen molar-refractivity contribution in [2.45, 2.75) is 13.0 Å². The van der Waals surface area contributed by atoms with Gasteiger partial charge < -0.3 is 9.73 Å². The highest BCUT2D eigenvalue weighted by molar-refractivity contribution is 5.29. The van der Waals surface area contributed by atoms with Crippen LogP contribution >= 0.6 is 0 Å². The number of nitrogens with one attached hydrogen (secondary N) is 1. The number of nitrogens with zero attached hydrogens (tertiary/aromatic N) is 3. The molecule has 0 aliphatic heterocycles. The summed E-state index contributed by atoms with van der Waals surface area (Å²) < 4.78 is 5.16. The highest BCUT2D eigenvalue weighted by atomic mass is 16.3. The molecule has 0 spiro atoms. The Morgan fingerprint density at radius 1 is 1.25 bits per heavy atom. The van der Waals surface area contributed by atoms with E-state index < -0.39 is 0 Å². The van der Waals surface area contributed by atoms with Crippen molar-refractivity contribution in [2.24, 2.45) is 0 Å². The Balaban J connectivity index is 1.91. The average molecular weight is 268 g/mol. The first-order valence-electron chi connectivity index (χ1n) is 6.61. The van der Waals surface area contributed by atoms with Crippen LogP contribution in [0.4, 0.5) is 0 Å². The summed E-state index contributed by atoms with van der Waals surface area (Å²) in [6, 6.07) is 11.8. The molecule has 0 saturated carbocycles. The molecular formula is C15H16N4O. The lowest BCUT2D eigenvalue weighted by atomic mass is 10.1. The minimum atomic E-state index is -0.00351. The maximum atomic E-state index is 5.16. The Kier molecular flexibility index (Phi) is 3.60. The normalized spacial score (nSPS) is 12.4. The third-order valence-electron chi connectivity index (χ3n) is 3.08. The molecule has 5 heteroatoms. The maximum Gasteiger partial charge on any atom is 0.105 e. The van der Waals surface area contributed by atoms with Crippen LogP contribution in [0, 0.1) is 0 Å². The van der Waals surface area contributed by atoms with Gasteiger partial charge in [0.2, 0.25) is 0 Å². The van der Waals surface area contributed by atoms with Crippen molar-refractivity contribution in [3.63, 3.8) is 0 Å². The van der Waals surface area contributed by atoms with Gasteiger partial charge in [-0.1, -0.05) is 25.1 Å². The number of rotatable bonds is 5. The summed E-state index contributed by atoms with van der Waals surface area (Å²) in [5.74, 6) is 0. The quantitative estimate of drug-likeness (QED) is 0.772. The monoisotopic (exact) mass is 268 g/mol. The van der Waals surface area contributed by atoms with Crippen LogP contribution in [0.2, 0.25) is 0 Å². The Labute approximate surface area is 117 Å². The fourth-order valence-electron chi connectivity index (χ4n) is 2.13. The zero-order valence-electron chi connectivity index (χ0n) is 11.2. The molecule has 2 aromatic heterocycles. The fourth-order valence-corrected chi connectivity index (χ4v) is 2.13. The van der Waals surface area contributed by atoms with E-state index >= 15 is 0 Å². The molecule has 0 bridgehead atoms. The van der Waals surface area contributed by atoms with Crippen molar-refractivity contribution in [1.82, 2.24) is 20.3 Å². The predicted molar refractivity (Wildman–Crippen MR) is 75.6 cm³/mol. The van der Waals surface area contributed by atoms with Gasteiger partial charge in [-0.2, -0.15) is 15.0 Å². The number of para-hydroxylation sites is 1. The minimum absolute atomic E-state index is 0.00351. The van der Waals surface area contributed by atoms with Crippen LogP contribution in [0.3, 0.4) is 0 Å². The van der Waals surface area contributed by atoms with Crippen LogP contribution in [-0.2, 0) is 0 Å². The van der Waals surface area contributed by atoms with Crippen LogP contribution in [0.5, 0.6) is 0 Å². The van der Waals surface area contributed by atoms with E-state index in [0.717, 1.165) is 23.5 Å². The van der Waals surface area contributed by atoms with Crippen LogP contribution < -0.4 is 5.32 Å². The third kappa shape index (κ3) is 2.48. The molecule has 3 aromatic rings. The van der Waals surface area contributed by atoms with Gasteiger partial charge in [0.1, 0.15) is 5.69 Å². The lowest BCUT2D eigenvalue weighted by Crippen LogP contribution is -2.22. The molecule has 5 nitrogen and oxygen atoms in total. The molecule has 1 atom stereocenters. The molecule has 0 aliphatic carbocycles. The summed E-state index contributed by atoms with van der Waals surface area (Å²) >= 11 is 0. The summed E-state index contributed by atoms with van der Waals surface area (Å²) in [5, 5.41) is 12.3. The molecular weight excluding hydrogens is 252 g/mol. The molecule has 1 N–H and O–H groups in total. The minimum Gasteiger partial charge on any atom is -0.472 e. The molecule has 102 valence electrons. The highest BCUT2D eigenvalue weighted by Crippen LogP contribution is 2.20. The topological polar surface area (TPSA) is 55.9 Å². The zero-order chi connectivity index (χ0) is 13.8. The van der Waals surface area contributed by atoms with E-state index in [1.807, 2.05) is 36.4 Å². The molecule has 0 amide bonds. The predicted octanol–water partition coefficient (Wildman–Crippen LogP) is 2.56. The fraction of sp³-hybridized carbons (Fsp3) is 0.200. The number of aromatic nitrogens is 3. The number of benzene rings is 1. The van der Waals surface area contributed by atoms with Gasteiger partial charge in [-0.05, 0) is 24.7 Å². The first-order valence-corrected chi connectivity index (χ1v) is 6.61. The van der Waals surface area contributed by atoms with Gasteiger partial charge in [-0.15, -0.1) is 0 Å². The summed E-state index contributed by atoms with van der Waals surface area (Å²) in [6.07, 6.45) is 5.18. The molecule has 2 heterocycles. The van der Waals surface area contributed by atoms with Crippen LogP contribution in [-0.4, -0.2) is 21.5 Å². The lowest BCUT2D eigenvalue weighted by molar-refractivity contribution is 0.549. The number of furan rings is 1. The second-order valence-electron chi connectivity index (χ2n) is 4.44. The standard InChI is InChI=1S/C15H16N4O/c1-2-16-15(12-8-9-20-11-12)14-10-17-19(18-14)13-6-4-3-5-7-13/h3-11,15-16H,2H2,1H3. The second kappa shape index (κ2) is 5.71.